The van der Waals surface area contributed by atoms with Gasteiger partial charge in [-0.3, -0.25) is 13.9 Å². The van der Waals surface area contributed by atoms with Crippen molar-refractivity contribution in [3.63, 3.8) is 0 Å². The fourth-order valence-corrected chi connectivity index (χ4v) is 4.77. The Kier molecular flexibility index (Phi) is 10.1. The molecule has 0 fully saturated rings. The van der Waals surface area contributed by atoms with E-state index in [1.165, 1.54) is 29.2 Å². The Hall–Kier alpha value is -2.65. The van der Waals surface area contributed by atoms with E-state index >= 15 is 0 Å². The summed E-state index contributed by atoms with van der Waals surface area (Å²) in [6, 6.07) is 9.40. The van der Waals surface area contributed by atoms with Gasteiger partial charge in [0.25, 0.3) is 0 Å². The van der Waals surface area contributed by atoms with E-state index in [0.717, 1.165) is 10.6 Å². The summed E-state index contributed by atoms with van der Waals surface area (Å²) in [6.45, 7) is 6.80. The Morgan fingerprint density at radius 3 is 2.23 bits per heavy atom. The van der Waals surface area contributed by atoms with E-state index in [1.807, 2.05) is 13.8 Å². The molecular weight excluding hydrogens is 493 g/mol. The van der Waals surface area contributed by atoms with Gasteiger partial charge in [0.2, 0.25) is 21.8 Å². The minimum atomic E-state index is -3.84. The van der Waals surface area contributed by atoms with E-state index in [4.69, 9.17) is 11.6 Å². The molecule has 0 saturated heterocycles. The van der Waals surface area contributed by atoms with Crippen LogP contribution in [0.3, 0.4) is 0 Å². The molecule has 1 N–H and O–H groups in total. The van der Waals surface area contributed by atoms with Crippen LogP contribution in [0.5, 0.6) is 0 Å². The van der Waals surface area contributed by atoms with Gasteiger partial charge in [0.05, 0.1) is 11.9 Å². The molecule has 192 valence electrons. The summed E-state index contributed by atoms with van der Waals surface area (Å²) in [4.78, 5) is 28.0. The average Bonchev–Trinajstić information content (AvgIpc) is 2.78. The standard InChI is InChI=1S/C25H33ClFN3O4S/c1-6-18(4)28-25(32)22(7-2)29(15-19-8-11-21(27)12-9-19)24(31)16-30(35(5,33)34)23-13-10-20(26)14-17(23)3/h8-14,18,22H,6-7,15-16H2,1-5H3,(H,28,32)/t18-,22-/m0/s1. The summed E-state index contributed by atoms with van der Waals surface area (Å²) in [5, 5.41) is 3.34. The molecule has 2 rings (SSSR count). The lowest BCUT2D eigenvalue weighted by Crippen LogP contribution is -2.53. The molecule has 0 bridgehead atoms. The van der Waals surface area contributed by atoms with E-state index < -0.39 is 34.3 Å². The van der Waals surface area contributed by atoms with Crippen molar-refractivity contribution in [3.05, 3.63) is 64.4 Å². The molecule has 0 aromatic heterocycles. The second-order valence-electron chi connectivity index (χ2n) is 8.59. The molecule has 35 heavy (non-hydrogen) atoms. The number of nitrogens with one attached hydrogen (secondary N) is 1. The predicted octanol–water partition coefficient (Wildman–Crippen LogP) is 4.28. The molecule has 2 amide bonds. The quantitative estimate of drug-likeness (QED) is 0.474. The minimum absolute atomic E-state index is 0.0166. The normalized spacial score (nSPS) is 13.1. The molecule has 0 spiro atoms. The molecule has 0 aliphatic heterocycles. The van der Waals surface area contributed by atoms with E-state index in [1.54, 1.807) is 32.0 Å². The number of anilines is 1. The summed E-state index contributed by atoms with van der Waals surface area (Å²) >= 11 is 6.03. The number of rotatable bonds is 11. The maximum absolute atomic E-state index is 13.6. The molecule has 0 radical (unpaired) electrons. The summed E-state index contributed by atoms with van der Waals surface area (Å²) in [5.41, 5.74) is 1.52. The molecule has 0 aliphatic rings. The molecule has 2 atom stereocenters. The van der Waals surface area contributed by atoms with Crippen molar-refractivity contribution in [2.45, 2.75) is 59.2 Å². The predicted molar refractivity (Wildman–Crippen MR) is 137 cm³/mol. The maximum atomic E-state index is 13.6. The van der Waals surface area contributed by atoms with Crippen molar-refractivity contribution >= 4 is 39.1 Å². The zero-order chi connectivity index (χ0) is 26.3. The highest BCUT2D eigenvalue weighted by atomic mass is 35.5. The van der Waals surface area contributed by atoms with E-state index in [-0.39, 0.29) is 18.5 Å². The molecule has 0 saturated carbocycles. The summed E-state index contributed by atoms with van der Waals surface area (Å²) in [6.07, 6.45) is 2.05. The third-order valence-electron chi connectivity index (χ3n) is 5.76. The average molecular weight is 526 g/mol. The number of amides is 2. The first-order chi connectivity index (χ1) is 16.4. The fourth-order valence-electron chi connectivity index (χ4n) is 3.64. The van der Waals surface area contributed by atoms with Gasteiger partial charge >= 0.3 is 0 Å². The zero-order valence-electron chi connectivity index (χ0n) is 20.7. The van der Waals surface area contributed by atoms with Gasteiger partial charge in [-0.1, -0.05) is 37.6 Å². The Morgan fingerprint density at radius 2 is 1.71 bits per heavy atom. The summed E-state index contributed by atoms with van der Waals surface area (Å²) in [7, 11) is -3.84. The third-order valence-corrected chi connectivity index (χ3v) is 7.12. The number of carbonyl (C=O) groups excluding carboxylic acids is 2. The SMILES string of the molecule is CC[C@H](C)NC(=O)[C@H](CC)N(Cc1ccc(F)cc1)C(=O)CN(c1ccc(Cl)cc1C)S(C)(=O)=O. The molecule has 10 heteroatoms. The van der Waals surface area contributed by atoms with Gasteiger partial charge in [-0.15, -0.1) is 0 Å². The van der Waals surface area contributed by atoms with Crippen molar-refractivity contribution in [2.24, 2.45) is 0 Å². The highest BCUT2D eigenvalue weighted by molar-refractivity contribution is 7.92. The van der Waals surface area contributed by atoms with Crippen molar-refractivity contribution < 1.29 is 22.4 Å². The van der Waals surface area contributed by atoms with Crippen LogP contribution in [-0.2, 0) is 26.2 Å². The number of benzene rings is 2. The fraction of sp³-hybridized carbons (Fsp3) is 0.440. The number of aryl methyl sites for hydroxylation is 1. The van der Waals surface area contributed by atoms with E-state index in [0.29, 0.717) is 34.7 Å². The van der Waals surface area contributed by atoms with Gasteiger partial charge in [-0.2, -0.15) is 0 Å². The highest BCUT2D eigenvalue weighted by Crippen LogP contribution is 2.26. The third kappa shape index (κ3) is 7.93. The molecule has 7 nitrogen and oxygen atoms in total. The van der Waals surface area contributed by atoms with Gasteiger partial charge in [0, 0.05) is 17.6 Å². The number of halogens is 2. The number of carbonyl (C=O) groups is 2. The number of hydrogen-bond acceptors (Lipinski definition) is 4. The first-order valence-electron chi connectivity index (χ1n) is 11.5. The molecule has 0 unspecified atom stereocenters. The minimum Gasteiger partial charge on any atom is -0.352 e. The van der Waals surface area contributed by atoms with Crippen molar-refractivity contribution in [2.75, 3.05) is 17.1 Å². The van der Waals surface area contributed by atoms with Gasteiger partial charge in [-0.05, 0) is 68.1 Å². The van der Waals surface area contributed by atoms with Crippen LogP contribution in [0, 0.1) is 12.7 Å². The molecule has 0 aliphatic carbocycles. The summed E-state index contributed by atoms with van der Waals surface area (Å²) in [5.74, 6) is -1.30. The van der Waals surface area contributed by atoms with Gasteiger partial charge in [0.1, 0.15) is 18.4 Å². The Bertz CT molecular complexity index is 1140. The van der Waals surface area contributed by atoms with Gasteiger partial charge in [0.15, 0.2) is 0 Å². The van der Waals surface area contributed by atoms with Crippen LogP contribution in [-0.4, -0.2) is 50.0 Å². The van der Waals surface area contributed by atoms with Crippen LogP contribution in [0.25, 0.3) is 0 Å². The molecule has 2 aromatic carbocycles. The number of nitrogens with zero attached hydrogens (tertiary/aromatic N) is 2. The van der Waals surface area contributed by atoms with Gasteiger partial charge in [-0.25, -0.2) is 12.8 Å². The number of sulfonamides is 1. The van der Waals surface area contributed by atoms with Crippen molar-refractivity contribution in [1.82, 2.24) is 10.2 Å². The lowest BCUT2D eigenvalue weighted by Gasteiger charge is -2.33. The van der Waals surface area contributed by atoms with Crippen LogP contribution in [0.4, 0.5) is 10.1 Å². The van der Waals surface area contributed by atoms with Gasteiger partial charge < -0.3 is 10.2 Å². The lowest BCUT2D eigenvalue weighted by atomic mass is 10.1. The highest BCUT2D eigenvalue weighted by Gasteiger charge is 2.32. The zero-order valence-corrected chi connectivity index (χ0v) is 22.3. The summed E-state index contributed by atoms with van der Waals surface area (Å²) < 4.78 is 39.8. The molecule has 0 heterocycles. The van der Waals surface area contributed by atoms with Crippen LogP contribution < -0.4 is 9.62 Å². The Labute approximate surface area is 212 Å². The van der Waals surface area contributed by atoms with E-state index in [9.17, 15) is 22.4 Å². The largest absolute Gasteiger partial charge is 0.352 e. The second kappa shape index (κ2) is 12.4. The van der Waals surface area contributed by atoms with Crippen molar-refractivity contribution in [1.29, 1.82) is 0 Å². The molecular formula is C25H33ClFN3O4S. The maximum Gasteiger partial charge on any atom is 0.244 e. The first kappa shape index (κ1) is 28.6. The lowest BCUT2D eigenvalue weighted by molar-refractivity contribution is -0.140. The van der Waals surface area contributed by atoms with Crippen LogP contribution in [0.1, 0.15) is 44.7 Å². The first-order valence-corrected chi connectivity index (χ1v) is 13.7. The van der Waals surface area contributed by atoms with Crippen LogP contribution >= 0.6 is 11.6 Å². The second-order valence-corrected chi connectivity index (χ2v) is 10.9. The van der Waals surface area contributed by atoms with E-state index in [2.05, 4.69) is 5.32 Å². The monoisotopic (exact) mass is 525 g/mol. The smallest absolute Gasteiger partial charge is 0.244 e. The van der Waals surface area contributed by atoms with Crippen LogP contribution in [0.15, 0.2) is 42.5 Å². The Balaban J connectivity index is 2.46. The Morgan fingerprint density at radius 1 is 1.09 bits per heavy atom. The van der Waals surface area contributed by atoms with Crippen LogP contribution in [0.2, 0.25) is 5.02 Å². The number of hydrogen-bond donors (Lipinski definition) is 1. The van der Waals surface area contributed by atoms with Crippen molar-refractivity contribution in [3.8, 4) is 0 Å². The topological polar surface area (TPSA) is 86.8 Å². The molecule has 2 aromatic rings.